The van der Waals surface area contributed by atoms with Crippen molar-refractivity contribution in [2.24, 2.45) is 11.8 Å². The average molecular weight is 511 g/mol. The van der Waals surface area contributed by atoms with E-state index in [2.05, 4.69) is 0 Å². The van der Waals surface area contributed by atoms with Crippen LogP contribution in [-0.4, -0.2) is 56.1 Å². The van der Waals surface area contributed by atoms with Crippen LogP contribution in [0.3, 0.4) is 0 Å². The van der Waals surface area contributed by atoms with Crippen molar-refractivity contribution in [1.82, 2.24) is 0 Å². The number of halogens is 4. The van der Waals surface area contributed by atoms with Crippen molar-refractivity contribution in [3.8, 4) is 11.5 Å². The normalized spacial score (nSPS) is 23.1. The maximum atomic E-state index is 14.3. The number of hydrogen-bond donors (Lipinski definition) is 1. The van der Waals surface area contributed by atoms with Gasteiger partial charge in [-0.05, 0) is 42.3 Å². The highest BCUT2D eigenvalue weighted by Crippen LogP contribution is 2.43. The molecule has 2 saturated heterocycles. The van der Waals surface area contributed by atoms with Gasteiger partial charge in [0.15, 0.2) is 0 Å². The van der Waals surface area contributed by atoms with Crippen molar-refractivity contribution in [1.29, 1.82) is 0 Å². The molecule has 0 aliphatic carbocycles. The van der Waals surface area contributed by atoms with Gasteiger partial charge in [0.2, 0.25) is 0 Å². The van der Waals surface area contributed by atoms with E-state index >= 15 is 0 Å². The Labute approximate surface area is 207 Å². The third kappa shape index (κ3) is 5.63. The first kappa shape index (κ1) is 25.9. The third-order valence-corrected chi connectivity index (χ3v) is 7.25. The second-order valence-electron chi connectivity index (χ2n) is 9.44. The molecule has 196 valence electrons. The second-order valence-corrected chi connectivity index (χ2v) is 9.44. The number of rotatable bonds is 7. The number of carbonyl (C=O) groups is 1. The van der Waals surface area contributed by atoms with Crippen molar-refractivity contribution in [3.05, 3.63) is 48.3 Å². The smallest absolute Gasteiger partial charge is 0.393 e. The van der Waals surface area contributed by atoms with Gasteiger partial charge in [0.25, 0.3) is 0 Å². The summed E-state index contributed by atoms with van der Waals surface area (Å²) >= 11 is 0. The Kier molecular flexibility index (Phi) is 7.51. The topological polar surface area (TPSA) is 62.2 Å². The molecule has 3 unspecified atom stereocenters. The predicted octanol–water partition coefficient (Wildman–Crippen LogP) is 5.36. The number of carboxylic acids is 1. The van der Waals surface area contributed by atoms with Gasteiger partial charge in [-0.2, -0.15) is 13.2 Å². The lowest BCUT2D eigenvalue weighted by molar-refractivity contribution is -0.179. The summed E-state index contributed by atoms with van der Waals surface area (Å²) < 4.78 is 66.1. The molecule has 0 aromatic heterocycles. The van der Waals surface area contributed by atoms with Crippen LogP contribution in [-0.2, 0) is 4.79 Å². The van der Waals surface area contributed by atoms with E-state index in [9.17, 15) is 27.5 Å². The number of carboxylic acid groups (broad SMARTS) is 1. The minimum atomic E-state index is -4.39. The maximum absolute atomic E-state index is 14.3. The Bertz CT molecular complexity index is 1050. The molecule has 0 saturated carbocycles. The van der Waals surface area contributed by atoms with Crippen molar-refractivity contribution in [2.45, 2.75) is 44.5 Å². The largest absolute Gasteiger partial charge is 0.497 e. The van der Waals surface area contributed by atoms with Crippen LogP contribution < -0.4 is 19.3 Å². The molecule has 2 aliphatic rings. The Morgan fingerprint density at radius 3 is 2.31 bits per heavy atom. The number of benzene rings is 2. The summed E-state index contributed by atoms with van der Waals surface area (Å²) in [5.41, 5.74) is 1.03. The Morgan fingerprint density at radius 2 is 1.72 bits per heavy atom. The van der Waals surface area contributed by atoms with Gasteiger partial charge in [-0.25, -0.2) is 4.39 Å². The van der Waals surface area contributed by atoms with Gasteiger partial charge in [0.05, 0.1) is 25.1 Å². The number of hydrogen-bond acceptors (Lipinski definition) is 5. The second kappa shape index (κ2) is 10.4. The highest BCUT2D eigenvalue weighted by molar-refractivity contribution is 5.69. The van der Waals surface area contributed by atoms with Crippen LogP contribution in [0.1, 0.15) is 26.2 Å². The molecule has 36 heavy (non-hydrogen) atoms. The lowest BCUT2D eigenvalue weighted by Gasteiger charge is -2.34. The van der Waals surface area contributed by atoms with E-state index < -0.39 is 30.0 Å². The molecule has 4 rings (SSSR count). The van der Waals surface area contributed by atoms with Crippen molar-refractivity contribution in [2.75, 3.05) is 36.5 Å². The average Bonchev–Trinajstić information content (AvgIpc) is 3.16. The van der Waals surface area contributed by atoms with Gasteiger partial charge in [0.1, 0.15) is 23.4 Å². The van der Waals surface area contributed by atoms with E-state index in [-0.39, 0.29) is 24.9 Å². The number of alkyl halides is 3. The number of aliphatic carboxylic acids is 1. The van der Waals surface area contributed by atoms with Crippen molar-refractivity contribution in [3.63, 3.8) is 0 Å². The summed E-state index contributed by atoms with van der Waals surface area (Å²) in [6.45, 7) is 2.40. The number of anilines is 2. The highest BCUT2D eigenvalue weighted by atomic mass is 19.4. The number of nitrogens with zero attached hydrogens (tertiary/aromatic N) is 2. The molecule has 2 aromatic rings. The molecule has 2 aromatic carbocycles. The van der Waals surface area contributed by atoms with Crippen molar-refractivity contribution >= 4 is 17.3 Å². The van der Waals surface area contributed by atoms with Crippen LogP contribution in [0.2, 0.25) is 0 Å². The van der Waals surface area contributed by atoms with Gasteiger partial charge in [-0.15, -0.1) is 0 Å². The zero-order chi connectivity index (χ0) is 26.0. The van der Waals surface area contributed by atoms with E-state index in [4.69, 9.17) is 9.47 Å². The van der Waals surface area contributed by atoms with Gasteiger partial charge >= 0.3 is 12.1 Å². The lowest BCUT2D eigenvalue weighted by Crippen LogP contribution is -2.38. The molecular formula is C26H30F4N2O4. The number of piperidine rings is 1. The fraction of sp³-hybridized carbons (Fsp3) is 0.500. The zero-order valence-corrected chi connectivity index (χ0v) is 20.2. The summed E-state index contributed by atoms with van der Waals surface area (Å²) in [6, 6.07) is 10.6. The first-order chi connectivity index (χ1) is 17.1. The molecule has 1 N–H and O–H groups in total. The minimum Gasteiger partial charge on any atom is -0.497 e. The molecule has 0 radical (unpaired) electrons. The molecule has 2 heterocycles. The quantitative estimate of drug-likeness (QED) is 0.506. The van der Waals surface area contributed by atoms with Crippen LogP contribution in [0.25, 0.3) is 0 Å². The minimum absolute atomic E-state index is 0.0815. The SMILES string of the molecule is COc1ccc(F)c(N2CCC(Oc3ccc(N4CC(C(F)(F)F)C(C)C4CC(=O)O)cc3)CC2)c1. The number of methoxy groups -OCH3 is 1. The van der Waals surface area contributed by atoms with Crippen LogP contribution >= 0.6 is 0 Å². The van der Waals surface area contributed by atoms with E-state index in [1.807, 2.05) is 4.90 Å². The lowest BCUT2D eigenvalue weighted by atomic mass is 9.90. The summed E-state index contributed by atoms with van der Waals surface area (Å²) in [5, 5.41) is 9.25. The summed E-state index contributed by atoms with van der Waals surface area (Å²) in [5.74, 6) is -2.69. The predicted molar refractivity (Wildman–Crippen MR) is 127 cm³/mol. The van der Waals surface area contributed by atoms with E-state index in [1.165, 1.54) is 20.1 Å². The van der Waals surface area contributed by atoms with Crippen LogP contribution in [0.4, 0.5) is 28.9 Å². The van der Waals surface area contributed by atoms with Gasteiger partial charge < -0.3 is 24.4 Å². The highest BCUT2D eigenvalue weighted by Gasteiger charge is 2.52. The molecule has 0 spiro atoms. The monoisotopic (exact) mass is 510 g/mol. The first-order valence-corrected chi connectivity index (χ1v) is 12.0. The first-order valence-electron chi connectivity index (χ1n) is 12.0. The van der Waals surface area contributed by atoms with Crippen LogP contribution in [0, 0.1) is 17.7 Å². The summed E-state index contributed by atoms with van der Waals surface area (Å²) in [4.78, 5) is 14.8. The maximum Gasteiger partial charge on any atom is 0.393 e. The summed E-state index contributed by atoms with van der Waals surface area (Å²) in [6.07, 6.45) is -3.48. The Morgan fingerprint density at radius 1 is 1.08 bits per heavy atom. The van der Waals surface area contributed by atoms with E-state index in [0.29, 0.717) is 48.8 Å². The van der Waals surface area contributed by atoms with Crippen molar-refractivity contribution < 1.29 is 36.9 Å². The van der Waals surface area contributed by atoms with Gasteiger partial charge in [0, 0.05) is 50.3 Å². The standard InChI is InChI=1S/C26H30F4N2O4/c1-16-21(26(28,29)30)15-32(23(16)14-25(33)34)17-3-5-18(6-4-17)36-19-9-11-31(12-10-19)24-13-20(35-2)7-8-22(24)27/h3-8,13,16,19,21,23H,9-12,14-15H2,1-2H3,(H,33,34). The fourth-order valence-corrected chi connectivity index (χ4v) is 5.22. The van der Waals surface area contributed by atoms with Crippen LogP contribution in [0.15, 0.2) is 42.5 Å². The Balaban J connectivity index is 1.39. The van der Waals surface area contributed by atoms with E-state index in [1.54, 1.807) is 41.3 Å². The Hall–Kier alpha value is -3.17. The summed E-state index contributed by atoms with van der Waals surface area (Å²) in [7, 11) is 1.54. The third-order valence-electron chi connectivity index (χ3n) is 7.25. The zero-order valence-electron chi connectivity index (χ0n) is 20.2. The molecule has 10 heteroatoms. The van der Waals surface area contributed by atoms with Crippen LogP contribution in [0.5, 0.6) is 11.5 Å². The fourth-order valence-electron chi connectivity index (χ4n) is 5.22. The molecule has 3 atom stereocenters. The molecule has 2 aliphatic heterocycles. The molecule has 2 fully saturated rings. The van der Waals surface area contributed by atoms with E-state index in [0.717, 1.165) is 0 Å². The van der Waals surface area contributed by atoms with Gasteiger partial charge in [-0.1, -0.05) is 6.92 Å². The molecule has 0 amide bonds. The molecule has 0 bridgehead atoms. The van der Waals surface area contributed by atoms with Gasteiger partial charge in [-0.3, -0.25) is 4.79 Å². The molecule has 6 nitrogen and oxygen atoms in total. The molecular weight excluding hydrogens is 480 g/mol. The number of ether oxygens (including phenoxy) is 2.